The molecule has 0 aliphatic rings. The molecule has 15 heavy (non-hydrogen) atoms. The van der Waals surface area contributed by atoms with Crippen molar-refractivity contribution >= 4 is 6.21 Å². The number of rotatable bonds is 6. The van der Waals surface area contributed by atoms with Crippen LogP contribution in [0.1, 0.15) is 32.3 Å². The molecule has 1 unspecified atom stereocenters. The van der Waals surface area contributed by atoms with Gasteiger partial charge in [-0.15, -0.1) is 0 Å². The van der Waals surface area contributed by atoms with Crippen LogP contribution in [0.4, 0.5) is 0 Å². The van der Waals surface area contributed by atoms with E-state index in [4.69, 9.17) is 4.74 Å². The topological polar surface area (TPSA) is 21.6 Å². The second-order valence-corrected chi connectivity index (χ2v) is 3.39. The first-order valence-corrected chi connectivity index (χ1v) is 5.56. The third-order valence-corrected chi connectivity index (χ3v) is 2.08. The van der Waals surface area contributed by atoms with Crippen LogP contribution < -0.4 is 0 Å². The first kappa shape index (κ1) is 11.9. The minimum Gasteiger partial charge on any atom is -0.357 e. The van der Waals surface area contributed by atoms with E-state index in [0.717, 1.165) is 25.0 Å². The molecule has 0 N–H and O–H groups in total. The number of nitrogens with zero attached hydrogens (tertiary/aromatic N) is 1. The van der Waals surface area contributed by atoms with Gasteiger partial charge in [-0.25, -0.2) is 0 Å². The van der Waals surface area contributed by atoms with Crippen molar-refractivity contribution in [2.24, 2.45) is 4.99 Å². The molecule has 0 saturated carbocycles. The van der Waals surface area contributed by atoms with Crippen LogP contribution in [0.2, 0.25) is 0 Å². The third kappa shape index (κ3) is 4.75. The highest BCUT2D eigenvalue weighted by atomic mass is 16.5. The van der Waals surface area contributed by atoms with Crippen molar-refractivity contribution in [3.63, 3.8) is 0 Å². The van der Waals surface area contributed by atoms with Crippen LogP contribution in [0.5, 0.6) is 0 Å². The van der Waals surface area contributed by atoms with Crippen molar-refractivity contribution in [2.45, 2.75) is 32.9 Å². The highest BCUT2D eigenvalue weighted by molar-refractivity contribution is 5.79. The first-order valence-electron chi connectivity index (χ1n) is 5.56. The number of hydrogen-bond acceptors (Lipinski definition) is 2. The Morgan fingerprint density at radius 3 is 2.60 bits per heavy atom. The van der Waals surface area contributed by atoms with Crippen LogP contribution in [0, 0.1) is 0 Å². The second-order valence-electron chi connectivity index (χ2n) is 3.39. The lowest BCUT2D eigenvalue weighted by Crippen LogP contribution is -2.09. The fourth-order valence-electron chi connectivity index (χ4n) is 1.35. The van der Waals surface area contributed by atoms with Gasteiger partial charge >= 0.3 is 0 Å². The molecule has 0 radical (unpaired) electrons. The zero-order valence-corrected chi connectivity index (χ0v) is 9.52. The smallest absolute Gasteiger partial charge is 0.148 e. The van der Waals surface area contributed by atoms with Gasteiger partial charge in [0.05, 0.1) is 0 Å². The minimum atomic E-state index is 0.0141. The highest BCUT2D eigenvalue weighted by Crippen LogP contribution is 2.04. The van der Waals surface area contributed by atoms with E-state index in [1.54, 1.807) is 0 Å². The largest absolute Gasteiger partial charge is 0.357 e. The molecule has 0 amide bonds. The average molecular weight is 205 g/mol. The van der Waals surface area contributed by atoms with Gasteiger partial charge in [-0.1, -0.05) is 43.7 Å². The van der Waals surface area contributed by atoms with Crippen LogP contribution in [0.3, 0.4) is 0 Å². The molecule has 1 rings (SSSR count). The summed E-state index contributed by atoms with van der Waals surface area (Å²) in [5, 5.41) is 0. The molecule has 0 aliphatic heterocycles. The number of ether oxygens (including phenoxy) is 1. The summed E-state index contributed by atoms with van der Waals surface area (Å²) in [6.07, 6.45) is 3.98. The fraction of sp³-hybridized carbons (Fsp3) is 0.462. The molecule has 2 heteroatoms. The zero-order chi connectivity index (χ0) is 10.9. The van der Waals surface area contributed by atoms with Gasteiger partial charge in [-0.05, 0) is 18.9 Å². The Hall–Kier alpha value is -1.15. The molecule has 0 saturated heterocycles. The molecular weight excluding hydrogens is 186 g/mol. The van der Waals surface area contributed by atoms with Crippen LogP contribution >= 0.6 is 0 Å². The first-order chi connectivity index (χ1) is 7.36. The Bertz CT molecular complexity index is 276. The summed E-state index contributed by atoms with van der Waals surface area (Å²) in [6, 6.07) is 10.1. The monoisotopic (exact) mass is 205 g/mol. The van der Waals surface area contributed by atoms with E-state index in [-0.39, 0.29) is 6.23 Å². The van der Waals surface area contributed by atoms with Crippen molar-refractivity contribution in [2.75, 3.05) is 6.61 Å². The lowest BCUT2D eigenvalue weighted by Gasteiger charge is -2.10. The van der Waals surface area contributed by atoms with Crippen LogP contribution in [0.15, 0.2) is 35.3 Å². The zero-order valence-electron chi connectivity index (χ0n) is 9.52. The van der Waals surface area contributed by atoms with Crippen molar-refractivity contribution < 1.29 is 4.74 Å². The molecule has 82 valence electrons. The van der Waals surface area contributed by atoms with Gasteiger partial charge in [0.15, 0.2) is 0 Å². The van der Waals surface area contributed by atoms with E-state index in [1.165, 1.54) is 0 Å². The predicted octanol–water partition coefficient (Wildman–Crippen LogP) is 3.27. The number of benzene rings is 1. The maximum atomic E-state index is 5.51. The molecule has 2 nitrogen and oxygen atoms in total. The van der Waals surface area contributed by atoms with Crippen molar-refractivity contribution in [1.29, 1.82) is 0 Å². The SMILES string of the molecule is CCCC(N=Cc1ccccc1)OCC. The lowest BCUT2D eigenvalue weighted by molar-refractivity contribution is 0.0634. The molecule has 1 atom stereocenters. The summed E-state index contributed by atoms with van der Waals surface area (Å²) in [4.78, 5) is 4.43. The van der Waals surface area contributed by atoms with E-state index < -0.39 is 0 Å². The van der Waals surface area contributed by atoms with E-state index in [0.29, 0.717) is 0 Å². The van der Waals surface area contributed by atoms with Crippen LogP contribution in [-0.4, -0.2) is 19.0 Å². The average Bonchev–Trinajstić information content (AvgIpc) is 2.28. The van der Waals surface area contributed by atoms with Crippen LogP contribution in [-0.2, 0) is 4.74 Å². The normalized spacial score (nSPS) is 13.2. The van der Waals surface area contributed by atoms with E-state index in [2.05, 4.69) is 11.9 Å². The Labute approximate surface area is 92.0 Å². The second kappa shape index (κ2) is 7.18. The molecule has 0 heterocycles. The van der Waals surface area contributed by atoms with Crippen molar-refractivity contribution in [3.05, 3.63) is 35.9 Å². The lowest BCUT2D eigenvalue weighted by atomic mass is 10.2. The van der Waals surface area contributed by atoms with E-state index in [1.807, 2.05) is 43.5 Å². The quantitative estimate of drug-likeness (QED) is 0.653. The molecule has 0 spiro atoms. The summed E-state index contributed by atoms with van der Waals surface area (Å²) in [6.45, 7) is 4.86. The van der Waals surface area contributed by atoms with E-state index in [9.17, 15) is 0 Å². The molecule has 1 aromatic rings. The fourth-order valence-corrected chi connectivity index (χ4v) is 1.35. The van der Waals surface area contributed by atoms with Gasteiger partial charge in [-0.3, -0.25) is 4.99 Å². The maximum Gasteiger partial charge on any atom is 0.148 e. The molecular formula is C13H19NO. The van der Waals surface area contributed by atoms with Gasteiger partial charge in [-0.2, -0.15) is 0 Å². The molecule has 0 aromatic heterocycles. The Morgan fingerprint density at radius 1 is 1.27 bits per heavy atom. The summed E-state index contributed by atoms with van der Waals surface area (Å²) < 4.78 is 5.51. The highest BCUT2D eigenvalue weighted by Gasteiger charge is 2.02. The van der Waals surface area contributed by atoms with Gasteiger partial charge in [0.2, 0.25) is 0 Å². The third-order valence-electron chi connectivity index (χ3n) is 2.08. The van der Waals surface area contributed by atoms with Crippen LogP contribution in [0.25, 0.3) is 0 Å². The maximum absolute atomic E-state index is 5.51. The summed E-state index contributed by atoms with van der Waals surface area (Å²) in [5.74, 6) is 0. The summed E-state index contributed by atoms with van der Waals surface area (Å²) in [5.41, 5.74) is 1.12. The minimum absolute atomic E-state index is 0.0141. The van der Waals surface area contributed by atoms with Gasteiger partial charge in [0.1, 0.15) is 6.23 Å². The predicted molar refractivity (Wildman–Crippen MR) is 64.4 cm³/mol. The van der Waals surface area contributed by atoms with Gasteiger partial charge < -0.3 is 4.74 Å². The molecule has 1 aromatic carbocycles. The Morgan fingerprint density at radius 2 is 2.00 bits per heavy atom. The standard InChI is InChI=1S/C13H19NO/c1-3-8-13(15-4-2)14-11-12-9-6-5-7-10-12/h5-7,9-11,13H,3-4,8H2,1-2H3. The molecule has 0 bridgehead atoms. The summed E-state index contributed by atoms with van der Waals surface area (Å²) in [7, 11) is 0. The van der Waals surface area contributed by atoms with E-state index >= 15 is 0 Å². The number of aliphatic imine (C=N–C) groups is 1. The molecule has 0 fully saturated rings. The Kier molecular flexibility index (Phi) is 5.71. The van der Waals surface area contributed by atoms with Crippen molar-refractivity contribution in [3.8, 4) is 0 Å². The van der Waals surface area contributed by atoms with Gasteiger partial charge in [0, 0.05) is 12.8 Å². The Balaban J connectivity index is 2.53. The summed E-state index contributed by atoms with van der Waals surface area (Å²) >= 11 is 0. The number of hydrogen-bond donors (Lipinski definition) is 0. The van der Waals surface area contributed by atoms with Crippen molar-refractivity contribution in [1.82, 2.24) is 0 Å². The van der Waals surface area contributed by atoms with Gasteiger partial charge in [0.25, 0.3) is 0 Å². The molecule has 0 aliphatic carbocycles.